The smallest absolute Gasteiger partial charge is 0.270 e. The first-order valence-corrected chi connectivity index (χ1v) is 7.37. The predicted molar refractivity (Wildman–Crippen MR) is 80.1 cm³/mol. The molecule has 1 aromatic carbocycles. The minimum atomic E-state index is -0.546. The van der Waals surface area contributed by atoms with Gasteiger partial charge in [0, 0.05) is 17.7 Å². The molecule has 1 aliphatic rings. The van der Waals surface area contributed by atoms with Gasteiger partial charge >= 0.3 is 0 Å². The minimum absolute atomic E-state index is 0.00915. The molecule has 7 heteroatoms. The number of aryl methyl sites for hydroxylation is 1. The number of hydrogen-bond donors (Lipinski definition) is 1. The van der Waals surface area contributed by atoms with Crippen LogP contribution in [0.4, 0.5) is 5.69 Å². The van der Waals surface area contributed by atoms with Crippen molar-refractivity contribution in [3.05, 3.63) is 39.7 Å². The highest BCUT2D eigenvalue weighted by atomic mass is 16.6. The summed E-state index contributed by atoms with van der Waals surface area (Å²) in [6.45, 7) is 1.79. The predicted octanol–water partition coefficient (Wildman–Crippen LogP) is 3.07. The van der Waals surface area contributed by atoms with Gasteiger partial charge in [-0.3, -0.25) is 10.1 Å². The molecule has 0 amide bonds. The van der Waals surface area contributed by atoms with Crippen molar-refractivity contribution < 1.29 is 9.45 Å². The fourth-order valence-electron chi connectivity index (χ4n) is 2.94. The normalized spacial score (nSPS) is 17.4. The second-order valence-corrected chi connectivity index (χ2v) is 5.95. The Hall–Kier alpha value is -2.28. The molecule has 1 aromatic heterocycles. The van der Waals surface area contributed by atoms with Gasteiger partial charge in [0.1, 0.15) is 0 Å². The highest BCUT2D eigenvalue weighted by molar-refractivity contribution is 5.59. The number of nitro benzene ring substituents is 1. The van der Waals surface area contributed by atoms with Crippen molar-refractivity contribution in [3.8, 4) is 11.5 Å². The van der Waals surface area contributed by atoms with Gasteiger partial charge < -0.3 is 10.3 Å². The van der Waals surface area contributed by atoms with Crippen LogP contribution in [0.5, 0.6) is 0 Å². The fraction of sp³-hybridized carbons (Fsp3) is 0.467. The number of rotatable bonds is 3. The highest BCUT2D eigenvalue weighted by Crippen LogP contribution is 2.34. The topological polar surface area (TPSA) is 108 Å². The standard InChI is InChI=1S/C15H18N4O3/c1-10-7-11(9-12(8-10)19(20)21)13-17-14(18-22-13)15(16)5-3-2-4-6-15/h7-9H,2-6,16H2,1H3. The summed E-state index contributed by atoms with van der Waals surface area (Å²) in [4.78, 5) is 14.9. The molecule has 0 unspecified atom stereocenters. The van der Waals surface area contributed by atoms with Crippen molar-refractivity contribution in [3.63, 3.8) is 0 Å². The molecule has 2 aromatic rings. The molecule has 1 aliphatic carbocycles. The van der Waals surface area contributed by atoms with E-state index in [9.17, 15) is 10.1 Å². The van der Waals surface area contributed by atoms with Crippen molar-refractivity contribution in [1.82, 2.24) is 10.1 Å². The van der Waals surface area contributed by atoms with Gasteiger partial charge in [-0.1, -0.05) is 24.4 Å². The third-order valence-corrected chi connectivity index (χ3v) is 4.14. The molecule has 0 radical (unpaired) electrons. The molecule has 0 spiro atoms. The summed E-state index contributed by atoms with van der Waals surface area (Å²) in [6.07, 6.45) is 4.94. The maximum absolute atomic E-state index is 11.0. The lowest BCUT2D eigenvalue weighted by Gasteiger charge is -2.29. The molecule has 22 heavy (non-hydrogen) atoms. The van der Waals surface area contributed by atoms with Crippen LogP contribution >= 0.6 is 0 Å². The summed E-state index contributed by atoms with van der Waals surface area (Å²) in [5, 5.41) is 15.0. The average molecular weight is 302 g/mol. The summed E-state index contributed by atoms with van der Waals surface area (Å²) in [6, 6.07) is 4.73. The van der Waals surface area contributed by atoms with E-state index in [1.165, 1.54) is 18.6 Å². The van der Waals surface area contributed by atoms with E-state index < -0.39 is 10.5 Å². The zero-order chi connectivity index (χ0) is 15.7. The van der Waals surface area contributed by atoms with E-state index in [2.05, 4.69) is 10.1 Å². The number of benzene rings is 1. The largest absolute Gasteiger partial charge is 0.334 e. The Labute approximate surface area is 127 Å². The van der Waals surface area contributed by atoms with Crippen molar-refractivity contribution >= 4 is 5.69 Å². The van der Waals surface area contributed by atoms with E-state index in [0.29, 0.717) is 11.4 Å². The summed E-state index contributed by atoms with van der Waals surface area (Å²) >= 11 is 0. The van der Waals surface area contributed by atoms with Crippen LogP contribution < -0.4 is 5.73 Å². The number of nitrogens with two attached hydrogens (primary N) is 1. The molecule has 0 aliphatic heterocycles. The van der Waals surface area contributed by atoms with Gasteiger partial charge in [-0.15, -0.1) is 0 Å². The highest BCUT2D eigenvalue weighted by Gasteiger charge is 2.34. The quantitative estimate of drug-likeness (QED) is 0.689. The Balaban J connectivity index is 1.95. The third kappa shape index (κ3) is 2.71. The van der Waals surface area contributed by atoms with Gasteiger partial charge in [0.15, 0.2) is 5.82 Å². The monoisotopic (exact) mass is 302 g/mol. The van der Waals surface area contributed by atoms with Crippen molar-refractivity contribution in [2.45, 2.75) is 44.6 Å². The number of nitrogens with zero attached hydrogens (tertiary/aromatic N) is 3. The Morgan fingerprint density at radius 1 is 1.27 bits per heavy atom. The van der Waals surface area contributed by atoms with Gasteiger partial charge in [0.05, 0.1) is 10.5 Å². The molecule has 1 heterocycles. The molecule has 7 nitrogen and oxygen atoms in total. The van der Waals surface area contributed by atoms with E-state index in [-0.39, 0.29) is 11.6 Å². The van der Waals surface area contributed by atoms with Crippen LogP contribution in [0, 0.1) is 17.0 Å². The van der Waals surface area contributed by atoms with E-state index >= 15 is 0 Å². The van der Waals surface area contributed by atoms with Crippen LogP contribution in [0.15, 0.2) is 22.7 Å². The molecule has 0 atom stereocenters. The molecule has 3 rings (SSSR count). The Morgan fingerprint density at radius 2 is 2.00 bits per heavy atom. The molecular formula is C15H18N4O3. The molecule has 0 saturated heterocycles. The summed E-state index contributed by atoms with van der Waals surface area (Å²) in [5.74, 6) is 0.767. The summed E-state index contributed by atoms with van der Waals surface area (Å²) in [5.41, 5.74) is 7.16. The fourth-order valence-corrected chi connectivity index (χ4v) is 2.94. The molecule has 1 saturated carbocycles. The molecule has 0 bridgehead atoms. The number of nitro groups is 1. The van der Waals surface area contributed by atoms with E-state index in [4.69, 9.17) is 10.3 Å². The van der Waals surface area contributed by atoms with Crippen LogP contribution in [0.1, 0.15) is 43.5 Å². The second-order valence-electron chi connectivity index (χ2n) is 5.95. The van der Waals surface area contributed by atoms with Gasteiger partial charge in [-0.25, -0.2) is 0 Å². The van der Waals surface area contributed by atoms with Gasteiger partial charge in [0.25, 0.3) is 11.6 Å². The Morgan fingerprint density at radius 3 is 2.68 bits per heavy atom. The summed E-state index contributed by atoms with van der Waals surface area (Å²) in [7, 11) is 0. The first-order valence-electron chi connectivity index (χ1n) is 7.37. The van der Waals surface area contributed by atoms with Gasteiger partial charge in [-0.2, -0.15) is 4.98 Å². The number of aromatic nitrogens is 2. The lowest BCUT2D eigenvalue weighted by molar-refractivity contribution is -0.384. The Kier molecular flexibility index (Phi) is 3.66. The van der Waals surface area contributed by atoms with Crippen molar-refractivity contribution in [2.75, 3.05) is 0 Å². The Bertz CT molecular complexity index is 705. The SMILES string of the molecule is Cc1cc(-c2nc(C3(N)CCCCC3)no2)cc([N+](=O)[O-])c1. The molecule has 1 fully saturated rings. The molecular weight excluding hydrogens is 284 g/mol. The lowest BCUT2D eigenvalue weighted by atomic mass is 9.82. The van der Waals surface area contributed by atoms with Crippen LogP contribution in [-0.2, 0) is 5.54 Å². The maximum atomic E-state index is 11.0. The van der Waals surface area contributed by atoms with Crippen molar-refractivity contribution in [2.24, 2.45) is 5.73 Å². The third-order valence-electron chi connectivity index (χ3n) is 4.14. The minimum Gasteiger partial charge on any atom is -0.334 e. The first-order chi connectivity index (χ1) is 10.5. The van der Waals surface area contributed by atoms with E-state index in [1.54, 1.807) is 13.0 Å². The van der Waals surface area contributed by atoms with Gasteiger partial charge in [-0.05, 0) is 31.4 Å². The number of non-ortho nitro benzene ring substituents is 1. The molecule has 2 N–H and O–H groups in total. The zero-order valence-electron chi connectivity index (χ0n) is 12.4. The van der Waals surface area contributed by atoms with Crippen LogP contribution in [0.3, 0.4) is 0 Å². The van der Waals surface area contributed by atoms with Crippen LogP contribution in [-0.4, -0.2) is 15.1 Å². The van der Waals surface area contributed by atoms with Crippen molar-refractivity contribution in [1.29, 1.82) is 0 Å². The van der Waals surface area contributed by atoms with E-state index in [0.717, 1.165) is 31.2 Å². The molecule has 116 valence electrons. The van der Waals surface area contributed by atoms with E-state index in [1.807, 2.05) is 0 Å². The average Bonchev–Trinajstić information content (AvgIpc) is 2.98. The first kappa shape index (κ1) is 14.6. The van der Waals surface area contributed by atoms with Crippen LogP contribution in [0.2, 0.25) is 0 Å². The summed E-state index contributed by atoms with van der Waals surface area (Å²) < 4.78 is 5.30. The lowest BCUT2D eigenvalue weighted by Crippen LogP contribution is -2.39. The van der Waals surface area contributed by atoms with Crippen LogP contribution in [0.25, 0.3) is 11.5 Å². The zero-order valence-corrected chi connectivity index (χ0v) is 12.4. The maximum Gasteiger partial charge on any atom is 0.270 e. The van der Waals surface area contributed by atoms with Gasteiger partial charge in [0.2, 0.25) is 0 Å². The second kappa shape index (κ2) is 5.49. The number of hydrogen-bond acceptors (Lipinski definition) is 6.